The van der Waals surface area contributed by atoms with E-state index >= 15 is 0 Å². The van der Waals surface area contributed by atoms with Crippen LogP contribution in [0, 0.1) is 35.0 Å². The van der Waals surface area contributed by atoms with Crippen molar-refractivity contribution in [3.8, 4) is 10.4 Å². The molecule has 4 fully saturated rings. The maximum Gasteiger partial charge on any atom is 0.230 e. The van der Waals surface area contributed by atoms with Gasteiger partial charge in [-0.3, -0.25) is 9.59 Å². The van der Waals surface area contributed by atoms with Gasteiger partial charge in [-0.1, -0.05) is 30.3 Å². The zero-order chi connectivity index (χ0) is 22.0. The van der Waals surface area contributed by atoms with Gasteiger partial charge in [0.25, 0.3) is 0 Å². The molecule has 1 saturated heterocycles. The zero-order valence-corrected chi connectivity index (χ0v) is 19.8. The molecule has 2 amide bonds. The molecule has 4 nitrogen and oxygen atoms in total. The van der Waals surface area contributed by atoms with Gasteiger partial charge in [0.2, 0.25) is 11.8 Å². The Kier molecular flexibility index (Phi) is 4.76. The number of nitrogens with zero attached hydrogens (tertiary/aromatic N) is 2. The first kappa shape index (κ1) is 20.5. The molecule has 0 spiro atoms. The molecule has 2 bridgehead atoms. The van der Waals surface area contributed by atoms with Crippen molar-refractivity contribution in [2.24, 2.45) is 35.0 Å². The number of amides is 2. The van der Waals surface area contributed by atoms with E-state index in [0.717, 1.165) is 18.3 Å². The van der Waals surface area contributed by atoms with Crippen LogP contribution in [-0.2, 0) is 16.0 Å². The average molecular weight is 449 g/mol. The number of rotatable bonds is 5. The van der Waals surface area contributed by atoms with E-state index in [2.05, 4.69) is 41.8 Å². The van der Waals surface area contributed by atoms with Crippen LogP contribution in [0.1, 0.15) is 31.2 Å². The maximum atomic E-state index is 13.5. The lowest BCUT2D eigenvalue weighted by atomic mass is 9.79. The van der Waals surface area contributed by atoms with Crippen molar-refractivity contribution in [1.82, 2.24) is 9.80 Å². The second-order valence-electron chi connectivity index (χ2n) is 10.9. The fourth-order valence-corrected chi connectivity index (χ4v) is 8.19. The molecule has 2 aromatic rings. The SMILES string of the molecule is CN(C)C(=O)[C@]1(Cc2cccc(-c3cccs3)c2)CCN(C(=O)C2[C@H]3[C@H]4CC[C@@H](C4)[C@H]23)C1. The molecule has 32 heavy (non-hydrogen) atoms. The molecule has 5 heteroatoms. The highest BCUT2D eigenvalue weighted by Gasteiger charge is 2.68. The summed E-state index contributed by atoms with van der Waals surface area (Å²) < 4.78 is 0. The molecule has 1 aromatic carbocycles. The minimum atomic E-state index is -0.518. The largest absolute Gasteiger partial charge is 0.348 e. The third-order valence-corrected chi connectivity index (χ3v) is 9.74. The van der Waals surface area contributed by atoms with Crippen LogP contribution in [-0.4, -0.2) is 48.8 Å². The number of benzene rings is 1. The van der Waals surface area contributed by atoms with Gasteiger partial charge in [-0.15, -0.1) is 11.3 Å². The Bertz CT molecular complexity index is 1030. The summed E-state index contributed by atoms with van der Waals surface area (Å²) in [7, 11) is 3.69. The molecule has 4 aliphatic rings. The molecular formula is C27H32N2O2S. The first-order valence-corrected chi connectivity index (χ1v) is 13.0. The molecular weight excluding hydrogens is 416 g/mol. The second kappa shape index (κ2) is 7.44. The minimum Gasteiger partial charge on any atom is -0.348 e. The highest BCUT2D eigenvalue weighted by atomic mass is 32.1. The van der Waals surface area contributed by atoms with Crippen LogP contribution in [0.5, 0.6) is 0 Å². The topological polar surface area (TPSA) is 40.6 Å². The molecule has 6 rings (SSSR count). The molecule has 3 aliphatic carbocycles. The van der Waals surface area contributed by atoms with Crippen LogP contribution < -0.4 is 0 Å². The van der Waals surface area contributed by atoms with Crippen LogP contribution in [0.2, 0.25) is 0 Å². The summed E-state index contributed by atoms with van der Waals surface area (Å²) in [6.07, 6.45) is 5.48. The Labute approximate surface area is 194 Å². The molecule has 3 saturated carbocycles. The van der Waals surface area contributed by atoms with E-state index in [0.29, 0.717) is 37.3 Å². The van der Waals surface area contributed by atoms with E-state index in [-0.39, 0.29) is 11.8 Å². The predicted octanol–water partition coefficient (Wildman–Crippen LogP) is 4.56. The number of hydrogen-bond acceptors (Lipinski definition) is 3. The summed E-state index contributed by atoms with van der Waals surface area (Å²) in [6, 6.07) is 12.8. The van der Waals surface area contributed by atoms with E-state index in [1.54, 1.807) is 16.2 Å². The molecule has 1 aromatic heterocycles. The molecule has 1 aliphatic heterocycles. The highest BCUT2D eigenvalue weighted by molar-refractivity contribution is 7.13. The smallest absolute Gasteiger partial charge is 0.230 e. The first-order chi connectivity index (χ1) is 15.5. The Morgan fingerprint density at radius 1 is 1.12 bits per heavy atom. The highest BCUT2D eigenvalue weighted by Crippen LogP contribution is 2.69. The standard InChI is InChI=1S/C27H32N2O2S/c1-28(2)26(31)27(15-17-5-3-6-18(13-17)21-7-4-12-32-21)10-11-29(16-27)25(30)24-22-19-8-9-20(14-19)23(22)24/h3-7,12-13,19-20,22-24H,8-11,14-16H2,1-2H3/t19-,20-,22-,23-,27-/m0/s1. The summed E-state index contributed by atoms with van der Waals surface area (Å²) in [5.41, 5.74) is 1.87. The lowest BCUT2D eigenvalue weighted by molar-refractivity contribution is -0.140. The number of fused-ring (bicyclic) bond motifs is 5. The lowest BCUT2D eigenvalue weighted by Gasteiger charge is -2.31. The maximum absolute atomic E-state index is 13.5. The molecule has 2 heterocycles. The number of thiophene rings is 1. The molecule has 0 radical (unpaired) electrons. The molecule has 0 unspecified atom stereocenters. The van der Waals surface area contributed by atoms with Crippen LogP contribution >= 0.6 is 11.3 Å². The van der Waals surface area contributed by atoms with Crippen LogP contribution in [0.15, 0.2) is 41.8 Å². The zero-order valence-electron chi connectivity index (χ0n) is 19.0. The molecule has 5 atom stereocenters. The Balaban J connectivity index is 1.23. The summed E-state index contributed by atoms with van der Waals surface area (Å²) in [5.74, 6) is 3.67. The van der Waals surface area contributed by atoms with E-state index in [4.69, 9.17) is 0 Å². The van der Waals surface area contributed by atoms with E-state index in [9.17, 15) is 9.59 Å². The Hall–Kier alpha value is -2.14. The van der Waals surface area contributed by atoms with Crippen molar-refractivity contribution in [3.63, 3.8) is 0 Å². The van der Waals surface area contributed by atoms with Crippen LogP contribution in [0.25, 0.3) is 10.4 Å². The van der Waals surface area contributed by atoms with Crippen LogP contribution in [0.3, 0.4) is 0 Å². The number of likely N-dealkylation sites (tertiary alicyclic amines) is 1. The van der Waals surface area contributed by atoms with Gasteiger partial charge in [-0.25, -0.2) is 0 Å². The van der Waals surface area contributed by atoms with Crippen LogP contribution in [0.4, 0.5) is 0 Å². The van der Waals surface area contributed by atoms with Crippen molar-refractivity contribution in [2.75, 3.05) is 27.2 Å². The van der Waals surface area contributed by atoms with Crippen molar-refractivity contribution < 1.29 is 9.59 Å². The fraction of sp³-hybridized carbons (Fsp3) is 0.556. The monoisotopic (exact) mass is 448 g/mol. The lowest BCUT2D eigenvalue weighted by Crippen LogP contribution is -2.45. The summed E-state index contributed by atoms with van der Waals surface area (Å²) in [5, 5.41) is 2.10. The van der Waals surface area contributed by atoms with Gasteiger partial charge in [-0.2, -0.15) is 0 Å². The Morgan fingerprint density at radius 3 is 2.59 bits per heavy atom. The Morgan fingerprint density at radius 2 is 1.91 bits per heavy atom. The normalized spacial score (nSPS) is 34.6. The second-order valence-corrected chi connectivity index (χ2v) is 11.8. The average Bonchev–Trinajstić information content (AvgIpc) is 3.33. The summed E-state index contributed by atoms with van der Waals surface area (Å²) in [4.78, 5) is 31.9. The summed E-state index contributed by atoms with van der Waals surface area (Å²) in [6.45, 7) is 1.28. The van der Waals surface area contributed by atoms with Gasteiger partial charge in [0.15, 0.2) is 0 Å². The molecule has 0 N–H and O–H groups in total. The van der Waals surface area contributed by atoms with Crippen molar-refractivity contribution >= 4 is 23.2 Å². The van der Waals surface area contributed by atoms with Gasteiger partial charge in [0, 0.05) is 38.0 Å². The van der Waals surface area contributed by atoms with Crippen molar-refractivity contribution in [2.45, 2.75) is 32.1 Å². The van der Waals surface area contributed by atoms with Crippen molar-refractivity contribution in [3.05, 3.63) is 47.3 Å². The van der Waals surface area contributed by atoms with E-state index in [1.165, 1.54) is 35.3 Å². The van der Waals surface area contributed by atoms with Crippen molar-refractivity contribution in [1.29, 1.82) is 0 Å². The van der Waals surface area contributed by atoms with E-state index < -0.39 is 5.41 Å². The van der Waals surface area contributed by atoms with Gasteiger partial charge < -0.3 is 9.80 Å². The number of hydrogen-bond donors (Lipinski definition) is 0. The third kappa shape index (κ3) is 3.15. The predicted molar refractivity (Wildman–Crippen MR) is 127 cm³/mol. The van der Waals surface area contributed by atoms with Gasteiger partial charge >= 0.3 is 0 Å². The number of carbonyl (C=O) groups excluding carboxylic acids is 2. The summed E-state index contributed by atoms with van der Waals surface area (Å²) >= 11 is 1.74. The van der Waals surface area contributed by atoms with Gasteiger partial charge in [0.05, 0.1) is 5.41 Å². The first-order valence-electron chi connectivity index (χ1n) is 12.1. The van der Waals surface area contributed by atoms with Gasteiger partial charge in [-0.05, 0) is 78.3 Å². The van der Waals surface area contributed by atoms with E-state index in [1.807, 2.05) is 19.0 Å². The minimum absolute atomic E-state index is 0.158. The third-order valence-electron chi connectivity index (χ3n) is 8.82. The quantitative estimate of drug-likeness (QED) is 0.673. The number of carbonyl (C=O) groups is 2. The fourth-order valence-electron chi connectivity index (χ4n) is 7.46. The molecule has 168 valence electrons. The van der Waals surface area contributed by atoms with Gasteiger partial charge in [0.1, 0.15) is 0 Å².